The standard InChI is InChI=1S/C14H16ClN3/c1-9-13(7-8-16)10(2)18-14(17-9)11-3-5-12(15)6-4-11/h3-6H,7-8,16H2,1-2H3. The zero-order valence-electron chi connectivity index (χ0n) is 10.6. The average molecular weight is 262 g/mol. The third-order valence-corrected chi connectivity index (χ3v) is 3.17. The minimum Gasteiger partial charge on any atom is -0.330 e. The Morgan fingerprint density at radius 2 is 1.61 bits per heavy atom. The molecule has 18 heavy (non-hydrogen) atoms. The van der Waals surface area contributed by atoms with E-state index in [1.54, 1.807) is 0 Å². The van der Waals surface area contributed by atoms with E-state index < -0.39 is 0 Å². The summed E-state index contributed by atoms with van der Waals surface area (Å²) in [7, 11) is 0. The fourth-order valence-corrected chi connectivity index (χ4v) is 2.10. The van der Waals surface area contributed by atoms with E-state index in [2.05, 4.69) is 9.97 Å². The summed E-state index contributed by atoms with van der Waals surface area (Å²) in [5.74, 6) is 0.738. The van der Waals surface area contributed by atoms with Gasteiger partial charge in [0.15, 0.2) is 5.82 Å². The molecule has 0 unspecified atom stereocenters. The van der Waals surface area contributed by atoms with Gasteiger partial charge in [-0.1, -0.05) is 11.6 Å². The molecule has 1 aromatic heterocycles. The van der Waals surface area contributed by atoms with Gasteiger partial charge in [0.1, 0.15) is 0 Å². The van der Waals surface area contributed by atoms with Crippen LogP contribution in [0.5, 0.6) is 0 Å². The predicted molar refractivity (Wildman–Crippen MR) is 74.7 cm³/mol. The Hall–Kier alpha value is -1.45. The number of hydrogen-bond donors (Lipinski definition) is 1. The highest BCUT2D eigenvalue weighted by atomic mass is 35.5. The molecule has 0 bridgehead atoms. The Kier molecular flexibility index (Phi) is 3.94. The molecule has 1 heterocycles. The van der Waals surface area contributed by atoms with E-state index in [1.807, 2.05) is 38.1 Å². The van der Waals surface area contributed by atoms with Crippen LogP contribution in [0.4, 0.5) is 0 Å². The summed E-state index contributed by atoms with van der Waals surface area (Å²) in [6, 6.07) is 7.55. The van der Waals surface area contributed by atoms with Crippen LogP contribution in [0.2, 0.25) is 5.02 Å². The number of aryl methyl sites for hydroxylation is 2. The molecule has 0 saturated carbocycles. The molecular formula is C14H16ClN3. The third-order valence-electron chi connectivity index (χ3n) is 2.92. The number of rotatable bonds is 3. The summed E-state index contributed by atoms with van der Waals surface area (Å²) in [4.78, 5) is 9.09. The van der Waals surface area contributed by atoms with Crippen molar-refractivity contribution in [2.45, 2.75) is 20.3 Å². The molecule has 4 heteroatoms. The number of halogens is 1. The first-order chi connectivity index (χ1) is 8.61. The molecule has 0 spiro atoms. The summed E-state index contributed by atoms with van der Waals surface area (Å²) >= 11 is 5.87. The Morgan fingerprint density at radius 1 is 1.06 bits per heavy atom. The van der Waals surface area contributed by atoms with Crippen molar-refractivity contribution in [3.8, 4) is 11.4 Å². The molecule has 2 rings (SSSR count). The minimum absolute atomic E-state index is 0.616. The maximum absolute atomic E-state index is 5.87. The molecule has 94 valence electrons. The van der Waals surface area contributed by atoms with Gasteiger partial charge in [0.2, 0.25) is 0 Å². The van der Waals surface area contributed by atoms with E-state index in [0.717, 1.165) is 34.8 Å². The van der Waals surface area contributed by atoms with Gasteiger partial charge in [0.25, 0.3) is 0 Å². The van der Waals surface area contributed by atoms with Crippen LogP contribution < -0.4 is 5.73 Å². The smallest absolute Gasteiger partial charge is 0.159 e. The van der Waals surface area contributed by atoms with Gasteiger partial charge < -0.3 is 5.73 Å². The number of benzene rings is 1. The lowest BCUT2D eigenvalue weighted by molar-refractivity contribution is 0.899. The fourth-order valence-electron chi connectivity index (χ4n) is 1.97. The van der Waals surface area contributed by atoms with Gasteiger partial charge in [0, 0.05) is 22.0 Å². The Bertz CT molecular complexity index is 526. The molecular weight excluding hydrogens is 246 g/mol. The molecule has 2 aromatic rings. The first-order valence-corrected chi connectivity index (χ1v) is 6.29. The van der Waals surface area contributed by atoms with E-state index in [4.69, 9.17) is 17.3 Å². The maximum Gasteiger partial charge on any atom is 0.159 e. The second kappa shape index (κ2) is 5.46. The predicted octanol–water partition coefficient (Wildman–Crippen LogP) is 2.92. The van der Waals surface area contributed by atoms with Crippen molar-refractivity contribution in [3.63, 3.8) is 0 Å². The molecule has 1 aromatic carbocycles. The molecule has 0 fully saturated rings. The van der Waals surface area contributed by atoms with Gasteiger partial charge in [-0.25, -0.2) is 9.97 Å². The van der Waals surface area contributed by atoms with Crippen LogP contribution in [0.15, 0.2) is 24.3 Å². The lowest BCUT2D eigenvalue weighted by Gasteiger charge is -2.10. The molecule has 0 aliphatic heterocycles. The fraction of sp³-hybridized carbons (Fsp3) is 0.286. The van der Waals surface area contributed by atoms with Gasteiger partial charge in [-0.3, -0.25) is 0 Å². The van der Waals surface area contributed by atoms with E-state index >= 15 is 0 Å². The summed E-state index contributed by atoms with van der Waals surface area (Å²) in [6.45, 7) is 4.61. The van der Waals surface area contributed by atoms with Crippen molar-refractivity contribution < 1.29 is 0 Å². The lowest BCUT2D eigenvalue weighted by Crippen LogP contribution is -2.09. The molecule has 3 nitrogen and oxygen atoms in total. The zero-order chi connectivity index (χ0) is 13.1. The summed E-state index contributed by atoms with van der Waals surface area (Å²) in [5.41, 5.74) is 9.72. The SMILES string of the molecule is Cc1nc(-c2ccc(Cl)cc2)nc(C)c1CCN. The van der Waals surface area contributed by atoms with Gasteiger partial charge >= 0.3 is 0 Å². The molecule has 2 N–H and O–H groups in total. The zero-order valence-corrected chi connectivity index (χ0v) is 11.3. The van der Waals surface area contributed by atoms with Gasteiger partial charge in [0.05, 0.1) is 0 Å². The van der Waals surface area contributed by atoms with Crippen molar-refractivity contribution in [2.75, 3.05) is 6.54 Å². The van der Waals surface area contributed by atoms with Crippen LogP contribution in [-0.2, 0) is 6.42 Å². The highest BCUT2D eigenvalue weighted by Crippen LogP contribution is 2.20. The van der Waals surface area contributed by atoms with Gasteiger partial charge in [-0.15, -0.1) is 0 Å². The maximum atomic E-state index is 5.87. The van der Waals surface area contributed by atoms with E-state index in [9.17, 15) is 0 Å². The number of nitrogens with two attached hydrogens (primary N) is 1. The van der Waals surface area contributed by atoms with Crippen LogP contribution in [-0.4, -0.2) is 16.5 Å². The molecule has 0 aliphatic rings. The van der Waals surface area contributed by atoms with Gasteiger partial charge in [-0.05, 0) is 56.6 Å². The molecule has 0 radical (unpaired) electrons. The molecule has 0 saturated heterocycles. The third kappa shape index (κ3) is 2.68. The average Bonchev–Trinajstić information content (AvgIpc) is 2.34. The Balaban J connectivity index is 2.44. The quantitative estimate of drug-likeness (QED) is 0.924. The Labute approximate surface area is 112 Å². The van der Waals surface area contributed by atoms with E-state index in [1.165, 1.54) is 0 Å². The van der Waals surface area contributed by atoms with Crippen LogP contribution in [0.3, 0.4) is 0 Å². The minimum atomic E-state index is 0.616. The highest BCUT2D eigenvalue weighted by molar-refractivity contribution is 6.30. The number of nitrogens with zero attached hydrogens (tertiary/aromatic N) is 2. The second-order valence-corrected chi connectivity index (χ2v) is 4.68. The number of hydrogen-bond acceptors (Lipinski definition) is 3. The van der Waals surface area contributed by atoms with E-state index in [-0.39, 0.29) is 0 Å². The first-order valence-electron chi connectivity index (χ1n) is 5.92. The highest BCUT2D eigenvalue weighted by Gasteiger charge is 2.09. The van der Waals surface area contributed by atoms with E-state index in [0.29, 0.717) is 11.6 Å². The normalized spacial score (nSPS) is 10.7. The Morgan fingerprint density at radius 3 is 2.11 bits per heavy atom. The first kappa shape index (κ1) is 13.0. The summed E-state index contributed by atoms with van der Waals surface area (Å²) in [5, 5.41) is 0.715. The van der Waals surface area contributed by atoms with Crippen molar-refractivity contribution in [1.82, 2.24) is 9.97 Å². The van der Waals surface area contributed by atoms with Crippen molar-refractivity contribution in [2.24, 2.45) is 5.73 Å². The van der Waals surface area contributed by atoms with Crippen molar-refractivity contribution in [3.05, 3.63) is 46.2 Å². The summed E-state index contributed by atoms with van der Waals surface area (Å²) < 4.78 is 0. The number of aromatic nitrogens is 2. The topological polar surface area (TPSA) is 51.8 Å². The lowest BCUT2D eigenvalue weighted by atomic mass is 10.1. The monoisotopic (exact) mass is 261 g/mol. The second-order valence-electron chi connectivity index (χ2n) is 4.24. The van der Waals surface area contributed by atoms with Gasteiger partial charge in [-0.2, -0.15) is 0 Å². The van der Waals surface area contributed by atoms with Crippen LogP contribution in [0.25, 0.3) is 11.4 Å². The van der Waals surface area contributed by atoms with Crippen LogP contribution in [0.1, 0.15) is 17.0 Å². The molecule has 0 aliphatic carbocycles. The van der Waals surface area contributed by atoms with Crippen LogP contribution in [0, 0.1) is 13.8 Å². The summed E-state index contributed by atoms with van der Waals surface area (Å²) in [6.07, 6.45) is 0.818. The largest absolute Gasteiger partial charge is 0.330 e. The van der Waals surface area contributed by atoms with Crippen molar-refractivity contribution >= 4 is 11.6 Å². The van der Waals surface area contributed by atoms with Crippen molar-refractivity contribution in [1.29, 1.82) is 0 Å². The molecule has 0 amide bonds. The van der Waals surface area contributed by atoms with Crippen LogP contribution >= 0.6 is 11.6 Å². The molecule has 0 atom stereocenters.